The average Bonchev–Trinajstić information content (AvgIpc) is 3.53. The molecule has 1 saturated carbocycles. The summed E-state index contributed by atoms with van der Waals surface area (Å²) in [7, 11) is 1.68. The van der Waals surface area contributed by atoms with Gasteiger partial charge in [0.05, 0.1) is 24.6 Å². The van der Waals surface area contributed by atoms with Gasteiger partial charge in [0, 0.05) is 31.9 Å². The molecule has 3 fully saturated rings. The second kappa shape index (κ2) is 10.1. The third-order valence-corrected chi connectivity index (χ3v) is 7.77. The van der Waals surface area contributed by atoms with E-state index >= 15 is 0 Å². The summed E-state index contributed by atoms with van der Waals surface area (Å²) in [6.45, 7) is 5.29. The molecule has 0 spiro atoms. The van der Waals surface area contributed by atoms with Crippen molar-refractivity contribution in [1.29, 1.82) is 5.26 Å². The van der Waals surface area contributed by atoms with E-state index in [2.05, 4.69) is 30.1 Å². The van der Waals surface area contributed by atoms with Crippen molar-refractivity contribution in [2.24, 2.45) is 17.8 Å². The Balaban J connectivity index is 1.38. The molecule has 8 heteroatoms. The van der Waals surface area contributed by atoms with Crippen LogP contribution in [0.3, 0.4) is 0 Å². The molecule has 1 aromatic rings. The van der Waals surface area contributed by atoms with Crippen LogP contribution in [0.2, 0.25) is 0 Å². The number of rotatable bonds is 6. The van der Waals surface area contributed by atoms with Crippen LogP contribution in [0, 0.1) is 29.1 Å². The van der Waals surface area contributed by atoms with Gasteiger partial charge in [0.25, 0.3) is 0 Å². The normalized spacial score (nSPS) is 28.6. The van der Waals surface area contributed by atoms with E-state index in [0.29, 0.717) is 23.9 Å². The van der Waals surface area contributed by atoms with E-state index in [1.165, 1.54) is 16.2 Å². The number of amides is 3. The Morgan fingerprint density at radius 1 is 1.18 bits per heavy atom. The third kappa shape index (κ3) is 4.80. The lowest BCUT2D eigenvalue weighted by Crippen LogP contribution is -2.51. The molecule has 5 atom stereocenters. The van der Waals surface area contributed by atoms with Gasteiger partial charge >= 0.3 is 0 Å². The summed E-state index contributed by atoms with van der Waals surface area (Å²) < 4.78 is 0. The van der Waals surface area contributed by atoms with Crippen LogP contribution in [0.25, 0.3) is 0 Å². The van der Waals surface area contributed by atoms with Crippen molar-refractivity contribution >= 4 is 23.4 Å². The zero-order chi connectivity index (χ0) is 24.4. The number of nitrogens with one attached hydrogen (secondary N) is 1. The molecule has 0 bridgehead atoms. The first kappa shape index (κ1) is 24.2. The molecule has 1 aromatic carbocycles. The van der Waals surface area contributed by atoms with Crippen molar-refractivity contribution in [1.82, 2.24) is 14.7 Å². The van der Waals surface area contributed by atoms with Crippen molar-refractivity contribution in [3.05, 3.63) is 30.3 Å². The Kier molecular flexibility index (Phi) is 7.22. The minimum atomic E-state index is -0.666. The Bertz CT molecular complexity index is 959. The van der Waals surface area contributed by atoms with E-state index in [0.717, 1.165) is 19.4 Å². The van der Waals surface area contributed by atoms with Crippen LogP contribution in [0.5, 0.6) is 0 Å². The van der Waals surface area contributed by atoms with Crippen LogP contribution in [-0.4, -0.2) is 77.2 Å². The number of hydrogen-bond donors (Lipinski definition) is 1. The van der Waals surface area contributed by atoms with Gasteiger partial charge < -0.3 is 15.1 Å². The Morgan fingerprint density at radius 3 is 2.59 bits per heavy atom. The van der Waals surface area contributed by atoms with Crippen molar-refractivity contribution in [3.63, 3.8) is 0 Å². The molecule has 3 amide bonds. The maximum absolute atomic E-state index is 13.5. The van der Waals surface area contributed by atoms with Gasteiger partial charge in [-0.1, -0.05) is 24.6 Å². The topological polar surface area (TPSA) is 96.8 Å². The smallest absolute Gasteiger partial charge is 0.243 e. The van der Waals surface area contributed by atoms with E-state index in [9.17, 15) is 19.6 Å². The number of fused-ring (bicyclic) bond motifs is 1. The maximum Gasteiger partial charge on any atom is 0.243 e. The molecular weight excluding hydrogens is 430 g/mol. The van der Waals surface area contributed by atoms with Gasteiger partial charge in [0.2, 0.25) is 17.7 Å². The number of para-hydroxylation sites is 1. The molecule has 3 aliphatic rings. The first-order valence-electron chi connectivity index (χ1n) is 12.4. The Morgan fingerprint density at radius 2 is 1.91 bits per heavy atom. The molecule has 182 valence electrons. The highest BCUT2D eigenvalue weighted by atomic mass is 16.2. The number of hydrogen-bond acceptors (Lipinski definition) is 5. The standard InChI is InChI=1S/C26H35N5O3/c1-17(2)30-14-18-8-7-11-22(18)24(30)26(34)29(3)16-23(32)31-15-19(12-21(31)13-27)25(33)28-20-9-5-4-6-10-20/h4-6,9-10,17-19,21-22,24H,7-8,11-12,14-16H2,1-3H3,(H,28,33). The second-order valence-corrected chi connectivity index (χ2v) is 10.3. The molecule has 0 aromatic heterocycles. The molecule has 2 saturated heterocycles. The number of nitrogens with zero attached hydrogens (tertiary/aromatic N) is 4. The lowest BCUT2D eigenvalue weighted by Gasteiger charge is -2.33. The van der Waals surface area contributed by atoms with E-state index in [1.807, 2.05) is 18.2 Å². The summed E-state index contributed by atoms with van der Waals surface area (Å²) in [4.78, 5) is 44.6. The van der Waals surface area contributed by atoms with Crippen molar-refractivity contribution in [2.75, 3.05) is 32.0 Å². The minimum Gasteiger partial charge on any atom is -0.335 e. The average molecular weight is 466 g/mol. The largest absolute Gasteiger partial charge is 0.335 e. The third-order valence-electron chi connectivity index (χ3n) is 7.77. The number of carbonyl (C=O) groups excluding carboxylic acids is 3. The highest BCUT2D eigenvalue weighted by molar-refractivity contribution is 5.94. The molecule has 0 radical (unpaired) electrons. The van der Waals surface area contributed by atoms with Crippen LogP contribution in [0.4, 0.5) is 5.69 Å². The number of likely N-dealkylation sites (tertiary alicyclic amines) is 2. The van der Waals surface area contributed by atoms with Crippen molar-refractivity contribution < 1.29 is 14.4 Å². The predicted molar refractivity (Wildman–Crippen MR) is 128 cm³/mol. The first-order valence-corrected chi connectivity index (χ1v) is 12.4. The molecular formula is C26H35N5O3. The van der Waals surface area contributed by atoms with Crippen molar-refractivity contribution in [3.8, 4) is 6.07 Å². The summed E-state index contributed by atoms with van der Waals surface area (Å²) in [6, 6.07) is 10.7. The molecule has 4 rings (SSSR count). The highest BCUT2D eigenvalue weighted by Gasteiger charge is 2.49. The van der Waals surface area contributed by atoms with Crippen LogP contribution in [0.15, 0.2) is 30.3 Å². The fraction of sp³-hybridized carbons (Fsp3) is 0.615. The summed E-state index contributed by atoms with van der Waals surface area (Å²) in [5.74, 6) is -0.0302. The van der Waals surface area contributed by atoms with Crippen LogP contribution >= 0.6 is 0 Å². The fourth-order valence-electron chi connectivity index (χ4n) is 5.98. The molecule has 5 unspecified atom stereocenters. The van der Waals surface area contributed by atoms with Gasteiger partial charge in [-0.2, -0.15) is 5.26 Å². The SMILES string of the molecule is CC(C)N1CC2CCCC2C1C(=O)N(C)CC(=O)N1CC(C(=O)Nc2ccccc2)CC1C#N. The van der Waals surface area contributed by atoms with Gasteiger partial charge in [0.15, 0.2) is 0 Å². The zero-order valence-corrected chi connectivity index (χ0v) is 20.3. The quantitative estimate of drug-likeness (QED) is 0.696. The summed E-state index contributed by atoms with van der Waals surface area (Å²) in [6.07, 6.45) is 3.70. The molecule has 2 aliphatic heterocycles. The van der Waals surface area contributed by atoms with Gasteiger partial charge in [-0.15, -0.1) is 0 Å². The summed E-state index contributed by atoms with van der Waals surface area (Å²) in [5, 5.41) is 12.5. The number of nitriles is 1. The Hall–Kier alpha value is -2.92. The number of carbonyl (C=O) groups is 3. The van der Waals surface area contributed by atoms with Crippen LogP contribution < -0.4 is 5.32 Å². The lowest BCUT2D eigenvalue weighted by molar-refractivity contribution is -0.143. The molecule has 1 N–H and O–H groups in total. The summed E-state index contributed by atoms with van der Waals surface area (Å²) >= 11 is 0. The molecule has 2 heterocycles. The number of likely N-dealkylation sites (N-methyl/N-ethyl adjacent to an activating group) is 1. The number of benzene rings is 1. The lowest BCUT2D eigenvalue weighted by atomic mass is 9.93. The monoisotopic (exact) mass is 465 g/mol. The van der Waals surface area contributed by atoms with E-state index in [1.54, 1.807) is 19.2 Å². The minimum absolute atomic E-state index is 0.0116. The van der Waals surface area contributed by atoms with E-state index in [4.69, 9.17) is 0 Å². The van der Waals surface area contributed by atoms with Crippen LogP contribution in [0.1, 0.15) is 39.5 Å². The van der Waals surface area contributed by atoms with E-state index < -0.39 is 12.0 Å². The van der Waals surface area contributed by atoms with Gasteiger partial charge in [-0.05, 0) is 57.1 Å². The van der Waals surface area contributed by atoms with Gasteiger partial charge in [-0.3, -0.25) is 19.3 Å². The molecule has 34 heavy (non-hydrogen) atoms. The maximum atomic E-state index is 13.5. The van der Waals surface area contributed by atoms with Gasteiger partial charge in [0.1, 0.15) is 6.04 Å². The Labute approximate surface area is 201 Å². The highest BCUT2D eigenvalue weighted by Crippen LogP contribution is 2.43. The molecule has 1 aliphatic carbocycles. The van der Waals surface area contributed by atoms with Crippen LogP contribution in [-0.2, 0) is 14.4 Å². The predicted octanol–water partition coefficient (Wildman–Crippen LogP) is 2.33. The van der Waals surface area contributed by atoms with Crippen molar-refractivity contribution in [2.45, 2.75) is 57.7 Å². The zero-order valence-electron chi connectivity index (χ0n) is 20.3. The van der Waals surface area contributed by atoms with E-state index in [-0.39, 0.29) is 42.9 Å². The second-order valence-electron chi connectivity index (χ2n) is 10.3. The fourth-order valence-corrected chi connectivity index (χ4v) is 5.98. The number of anilines is 1. The first-order chi connectivity index (χ1) is 16.3. The van der Waals surface area contributed by atoms with Gasteiger partial charge in [-0.25, -0.2) is 0 Å². The summed E-state index contributed by atoms with van der Waals surface area (Å²) in [5.41, 5.74) is 0.688. The molecule has 8 nitrogen and oxygen atoms in total.